The molecule has 0 saturated carbocycles. The lowest BCUT2D eigenvalue weighted by Crippen LogP contribution is -2.09. The van der Waals surface area contributed by atoms with Gasteiger partial charge in [-0.05, 0) is 12.5 Å². The number of nitrogens with zero attached hydrogens (tertiary/aromatic N) is 2. The summed E-state index contributed by atoms with van der Waals surface area (Å²) in [7, 11) is 0. The standard InChI is InChI=1S/C22H17N3O2S/c1-13-17-21(23-14(2)26)24-20(16-11-7-4-8-12-16)25-22(17)28-19(13)18(27)15-9-5-3-6-10-15/h3-12H,1-2H3,(H,23,24,25,26). The molecule has 1 amide bonds. The molecule has 2 heterocycles. The summed E-state index contributed by atoms with van der Waals surface area (Å²) >= 11 is 1.32. The fourth-order valence-electron chi connectivity index (χ4n) is 3.05. The summed E-state index contributed by atoms with van der Waals surface area (Å²) in [6.45, 7) is 3.31. The molecule has 2 aromatic carbocycles. The number of hydrogen-bond acceptors (Lipinski definition) is 5. The van der Waals surface area contributed by atoms with E-state index in [0.29, 0.717) is 32.3 Å². The second-order valence-corrected chi connectivity index (χ2v) is 7.37. The number of anilines is 1. The van der Waals surface area contributed by atoms with Crippen LogP contribution in [0.1, 0.15) is 27.7 Å². The van der Waals surface area contributed by atoms with E-state index in [1.165, 1.54) is 18.3 Å². The molecule has 0 atom stereocenters. The molecular formula is C22H17N3O2S. The number of thiophene rings is 1. The number of benzene rings is 2. The van der Waals surface area contributed by atoms with E-state index in [1.807, 2.05) is 55.5 Å². The first-order chi connectivity index (χ1) is 13.5. The van der Waals surface area contributed by atoms with Crippen molar-refractivity contribution in [2.45, 2.75) is 13.8 Å². The normalized spacial score (nSPS) is 10.8. The van der Waals surface area contributed by atoms with E-state index in [9.17, 15) is 9.59 Å². The third-order valence-corrected chi connectivity index (χ3v) is 5.54. The fourth-order valence-corrected chi connectivity index (χ4v) is 4.19. The Bertz CT molecular complexity index is 1180. The number of nitrogens with one attached hydrogen (secondary N) is 1. The Hall–Kier alpha value is -3.38. The van der Waals surface area contributed by atoms with Crippen molar-refractivity contribution in [3.8, 4) is 11.4 Å². The molecule has 0 aliphatic carbocycles. The number of hydrogen-bond donors (Lipinski definition) is 1. The lowest BCUT2D eigenvalue weighted by molar-refractivity contribution is -0.114. The number of ketones is 1. The van der Waals surface area contributed by atoms with E-state index in [4.69, 9.17) is 0 Å². The average molecular weight is 387 g/mol. The van der Waals surface area contributed by atoms with E-state index in [2.05, 4.69) is 15.3 Å². The minimum Gasteiger partial charge on any atom is -0.310 e. The van der Waals surface area contributed by atoms with Crippen LogP contribution < -0.4 is 5.32 Å². The molecule has 0 aliphatic rings. The molecule has 2 aromatic heterocycles. The first kappa shape index (κ1) is 18.0. The van der Waals surface area contributed by atoms with E-state index in [-0.39, 0.29) is 11.7 Å². The predicted octanol–water partition coefficient (Wildman–Crippen LogP) is 4.86. The number of fused-ring (bicyclic) bond motifs is 1. The SMILES string of the molecule is CC(=O)Nc1nc(-c2ccccc2)nc2sc(C(=O)c3ccccc3)c(C)c12. The van der Waals surface area contributed by atoms with Gasteiger partial charge >= 0.3 is 0 Å². The van der Waals surface area contributed by atoms with E-state index >= 15 is 0 Å². The Balaban J connectivity index is 1.92. The lowest BCUT2D eigenvalue weighted by atomic mass is 10.1. The van der Waals surface area contributed by atoms with Crippen molar-refractivity contribution in [3.05, 3.63) is 76.7 Å². The number of aryl methyl sites for hydroxylation is 1. The summed E-state index contributed by atoms with van der Waals surface area (Å²) in [5.74, 6) is 0.658. The van der Waals surface area contributed by atoms with Crippen LogP contribution in [0, 0.1) is 6.92 Å². The Morgan fingerprint density at radius 1 is 0.929 bits per heavy atom. The summed E-state index contributed by atoms with van der Waals surface area (Å²) < 4.78 is 0. The zero-order valence-electron chi connectivity index (χ0n) is 15.4. The molecule has 0 spiro atoms. The Kier molecular flexibility index (Phi) is 4.71. The monoisotopic (exact) mass is 387 g/mol. The van der Waals surface area contributed by atoms with Crippen LogP contribution in [-0.4, -0.2) is 21.7 Å². The van der Waals surface area contributed by atoms with Crippen LogP contribution in [0.25, 0.3) is 21.6 Å². The average Bonchev–Trinajstić information content (AvgIpc) is 3.05. The van der Waals surface area contributed by atoms with Crippen molar-refractivity contribution in [2.24, 2.45) is 0 Å². The highest BCUT2D eigenvalue weighted by molar-refractivity contribution is 7.21. The number of rotatable bonds is 4. The van der Waals surface area contributed by atoms with Gasteiger partial charge in [0.1, 0.15) is 10.6 Å². The number of aromatic nitrogens is 2. The molecule has 4 aromatic rings. The van der Waals surface area contributed by atoms with E-state index in [1.54, 1.807) is 12.1 Å². The van der Waals surface area contributed by atoms with Gasteiger partial charge in [-0.1, -0.05) is 60.7 Å². The molecule has 6 heteroatoms. The van der Waals surface area contributed by atoms with Crippen LogP contribution in [0.15, 0.2) is 60.7 Å². The molecule has 138 valence electrons. The van der Waals surface area contributed by atoms with Crippen LogP contribution in [0.5, 0.6) is 0 Å². The van der Waals surface area contributed by atoms with Crippen molar-refractivity contribution < 1.29 is 9.59 Å². The van der Waals surface area contributed by atoms with Crippen molar-refractivity contribution in [2.75, 3.05) is 5.32 Å². The van der Waals surface area contributed by atoms with Crippen molar-refractivity contribution in [3.63, 3.8) is 0 Å². The van der Waals surface area contributed by atoms with Gasteiger partial charge in [0.25, 0.3) is 0 Å². The molecular weight excluding hydrogens is 370 g/mol. The van der Waals surface area contributed by atoms with Crippen LogP contribution in [0.3, 0.4) is 0 Å². The quantitative estimate of drug-likeness (QED) is 0.508. The summed E-state index contributed by atoms with van der Waals surface area (Å²) in [6, 6.07) is 18.7. The van der Waals surface area contributed by atoms with Crippen molar-refractivity contribution in [1.29, 1.82) is 0 Å². The van der Waals surface area contributed by atoms with Gasteiger partial charge in [0.2, 0.25) is 11.7 Å². The van der Waals surface area contributed by atoms with Gasteiger partial charge < -0.3 is 5.32 Å². The minimum absolute atomic E-state index is 0.0591. The second-order valence-electron chi connectivity index (χ2n) is 6.37. The van der Waals surface area contributed by atoms with Crippen molar-refractivity contribution in [1.82, 2.24) is 9.97 Å². The molecule has 0 bridgehead atoms. The van der Waals surface area contributed by atoms with Gasteiger partial charge in [-0.25, -0.2) is 9.97 Å². The van der Waals surface area contributed by atoms with Gasteiger partial charge in [-0.15, -0.1) is 11.3 Å². The zero-order valence-corrected chi connectivity index (χ0v) is 16.2. The maximum absolute atomic E-state index is 13.0. The molecule has 0 fully saturated rings. The molecule has 1 N–H and O–H groups in total. The second kappa shape index (κ2) is 7.32. The third-order valence-electron chi connectivity index (χ3n) is 4.36. The summed E-state index contributed by atoms with van der Waals surface area (Å²) in [4.78, 5) is 35.3. The smallest absolute Gasteiger partial charge is 0.222 e. The first-order valence-electron chi connectivity index (χ1n) is 8.78. The largest absolute Gasteiger partial charge is 0.310 e. The van der Waals surface area contributed by atoms with Gasteiger partial charge in [0.05, 0.1) is 10.3 Å². The van der Waals surface area contributed by atoms with Crippen LogP contribution in [0.4, 0.5) is 5.82 Å². The number of amides is 1. The highest BCUT2D eigenvalue weighted by Crippen LogP contribution is 2.36. The molecule has 4 rings (SSSR count). The van der Waals surface area contributed by atoms with Crippen molar-refractivity contribution >= 4 is 39.1 Å². The van der Waals surface area contributed by atoms with Crippen LogP contribution in [-0.2, 0) is 4.79 Å². The van der Waals surface area contributed by atoms with Gasteiger partial charge in [-0.2, -0.15) is 0 Å². The molecule has 0 unspecified atom stereocenters. The highest BCUT2D eigenvalue weighted by Gasteiger charge is 2.22. The third kappa shape index (κ3) is 3.30. The highest BCUT2D eigenvalue weighted by atomic mass is 32.1. The molecule has 5 nitrogen and oxygen atoms in total. The summed E-state index contributed by atoms with van der Waals surface area (Å²) in [6.07, 6.45) is 0. The maximum atomic E-state index is 13.0. The predicted molar refractivity (Wildman–Crippen MR) is 112 cm³/mol. The zero-order chi connectivity index (χ0) is 19.7. The van der Waals surface area contributed by atoms with E-state index in [0.717, 1.165) is 11.1 Å². The van der Waals surface area contributed by atoms with Gasteiger partial charge in [-0.3, -0.25) is 9.59 Å². The number of carbonyl (C=O) groups excluding carboxylic acids is 2. The Labute approximate surface area is 166 Å². The fraction of sp³-hybridized carbons (Fsp3) is 0.0909. The Morgan fingerprint density at radius 2 is 1.57 bits per heavy atom. The Morgan fingerprint density at radius 3 is 2.21 bits per heavy atom. The van der Waals surface area contributed by atoms with Gasteiger partial charge in [0, 0.05) is 18.1 Å². The first-order valence-corrected chi connectivity index (χ1v) is 9.60. The minimum atomic E-state index is -0.222. The molecule has 0 radical (unpaired) electrons. The van der Waals surface area contributed by atoms with Crippen LogP contribution in [0.2, 0.25) is 0 Å². The lowest BCUT2D eigenvalue weighted by Gasteiger charge is -2.07. The molecule has 0 saturated heterocycles. The summed E-state index contributed by atoms with van der Waals surface area (Å²) in [5.41, 5.74) is 2.24. The summed E-state index contributed by atoms with van der Waals surface area (Å²) in [5, 5.41) is 3.50. The van der Waals surface area contributed by atoms with Crippen LogP contribution >= 0.6 is 11.3 Å². The molecule has 0 aliphatic heterocycles. The topological polar surface area (TPSA) is 72.0 Å². The van der Waals surface area contributed by atoms with Gasteiger partial charge in [0.15, 0.2) is 5.82 Å². The molecule has 28 heavy (non-hydrogen) atoms. The maximum Gasteiger partial charge on any atom is 0.222 e. The van der Waals surface area contributed by atoms with E-state index < -0.39 is 0 Å². The number of carbonyl (C=O) groups is 2.